The lowest BCUT2D eigenvalue weighted by molar-refractivity contribution is -0.141. The highest BCUT2D eigenvalue weighted by Gasteiger charge is 2.44. The summed E-state index contributed by atoms with van der Waals surface area (Å²) in [5, 5.41) is 20.2. The second-order valence-electron chi connectivity index (χ2n) is 9.94. The van der Waals surface area contributed by atoms with E-state index in [9.17, 15) is 41.4 Å². The maximum atomic E-state index is 14.1. The van der Waals surface area contributed by atoms with Gasteiger partial charge in [0.25, 0.3) is 15.6 Å². The van der Waals surface area contributed by atoms with Crippen molar-refractivity contribution in [2.45, 2.75) is 30.1 Å². The first kappa shape index (κ1) is 29.3. The number of carboxylic acids is 1. The molecule has 1 atom stereocenters. The van der Waals surface area contributed by atoms with Crippen molar-refractivity contribution in [3.05, 3.63) is 93.8 Å². The lowest BCUT2D eigenvalue weighted by atomic mass is 9.92. The highest BCUT2D eigenvalue weighted by atomic mass is 32.2. The van der Waals surface area contributed by atoms with Crippen LogP contribution in [0, 0.1) is 0 Å². The number of nitrogen functional groups attached to an aromatic ring is 1. The van der Waals surface area contributed by atoms with Crippen molar-refractivity contribution in [1.29, 1.82) is 0 Å². The number of hydrogen-bond donors (Lipinski definition) is 3. The number of halogens is 3. The number of aliphatic carboxylic acids is 1. The fourth-order valence-corrected chi connectivity index (χ4v) is 7.29. The maximum absolute atomic E-state index is 14.1. The summed E-state index contributed by atoms with van der Waals surface area (Å²) in [6.07, 6.45) is -4.95. The van der Waals surface area contributed by atoms with Gasteiger partial charge in [-0.25, -0.2) is 13.2 Å². The van der Waals surface area contributed by atoms with Crippen LogP contribution in [-0.2, 0) is 27.4 Å². The fourth-order valence-electron chi connectivity index (χ4n) is 5.38. The minimum atomic E-state index is -4.78. The molecule has 1 aliphatic heterocycles. The Hall–Kier alpha value is -4.20. The molecule has 3 aromatic carbocycles. The summed E-state index contributed by atoms with van der Waals surface area (Å²) >= 11 is 0. The second-order valence-corrected chi connectivity index (χ2v) is 11.8. The normalized spacial score (nSPS) is 16.8. The lowest BCUT2D eigenvalue weighted by Gasteiger charge is -2.35. The number of alkyl halides is 3. The molecule has 9 nitrogen and oxygen atoms in total. The number of aromatic nitrogens is 1. The van der Waals surface area contributed by atoms with E-state index in [0.29, 0.717) is 10.1 Å². The van der Waals surface area contributed by atoms with Gasteiger partial charge in [-0.2, -0.15) is 17.5 Å². The highest BCUT2D eigenvalue weighted by molar-refractivity contribution is 7.89. The maximum Gasteiger partial charge on any atom is 0.416 e. The molecule has 0 aliphatic carbocycles. The van der Waals surface area contributed by atoms with E-state index in [-0.39, 0.29) is 36.1 Å². The van der Waals surface area contributed by atoms with Gasteiger partial charge in [0.05, 0.1) is 5.56 Å². The first-order valence-electron chi connectivity index (χ1n) is 12.9. The fraction of sp³-hybridized carbons (Fsp3) is 0.241. The van der Waals surface area contributed by atoms with Crippen LogP contribution < -0.4 is 11.3 Å². The van der Waals surface area contributed by atoms with Crippen molar-refractivity contribution in [3.8, 4) is 11.1 Å². The van der Waals surface area contributed by atoms with E-state index in [2.05, 4.69) is 0 Å². The number of carboxylic acid groups (broad SMARTS) is 1. The molecule has 13 heteroatoms. The highest BCUT2D eigenvalue weighted by Crippen LogP contribution is 2.41. The third-order valence-corrected chi connectivity index (χ3v) is 9.26. The van der Waals surface area contributed by atoms with Crippen molar-refractivity contribution in [2.24, 2.45) is 0 Å². The molecule has 2 heterocycles. The Balaban J connectivity index is 1.91. The molecule has 0 amide bonds. The molecule has 220 valence electrons. The van der Waals surface area contributed by atoms with Crippen LogP contribution in [0.2, 0.25) is 0 Å². The van der Waals surface area contributed by atoms with E-state index >= 15 is 0 Å². The van der Waals surface area contributed by atoms with Gasteiger partial charge in [0.1, 0.15) is 11.7 Å². The van der Waals surface area contributed by atoms with Gasteiger partial charge in [0.15, 0.2) is 5.03 Å². The molecule has 4 aromatic rings. The number of anilines is 1. The zero-order chi connectivity index (χ0) is 30.4. The van der Waals surface area contributed by atoms with Gasteiger partial charge in [0, 0.05) is 31.7 Å². The number of aliphatic hydroxyl groups is 1. The van der Waals surface area contributed by atoms with Gasteiger partial charge in [-0.1, -0.05) is 54.6 Å². The van der Waals surface area contributed by atoms with Gasteiger partial charge in [-0.3, -0.25) is 9.36 Å². The topological polar surface area (TPSA) is 143 Å². The predicted molar refractivity (Wildman–Crippen MR) is 149 cm³/mol. The average Bonchev–Trinajstić information content (AvgIpc) is 2.95. The van der Waals surface area contributed by atoms with Crippen molar-refractivity contribution >= 4 is 32.5 Å². The number of rotatable bonds is 7. The predicted octanol–water partition coefficient (Wildman–Crippen LogP) is 3.87. The second kappa shape index (κ2) is 10.9. The number of sulfonamides is 1. The van der Waals surface area contributed by atoms with Crippen LogP contribution in [0.15, 0.2) is 76.6 Å². The number of benzene rings is 3. The summed E-state index contributed by atoms with van der Waals surface area (Å²) in [7, 11) is -4.66. The smallest absolute Gasteiger partial charge is 0.416 e. The van der Waals surface area contributed by atoms with Crippen LogP contribution in [0.1, 0.15) is 29.2 Å². The monoisotopic (exact) mass is 601 g/mol. The molecule has 0 saturated heterocycles. The lowest BCUT2D eigenvalue weighted by Crippen LogP contribution is -2.50. The molecule has 1 aliphatic rings. The Labute approximate surface area is 238 Å². The Kier molecular flexibility index (Phi) is 7.60. The molecule has 5 rings (SSSR count). The third kappa shape index (κ3) is 5.03. The molecule has 0 spiro atoms. The summed E-state index contributed by atoms with van der Waals surface area (Å²) in [5.41, 5.74) is 3.82. The molecular formula is C29H26F3N3O6S. The van der Waals surface area contributed by atoms with Crippen LogP contribution in [0.5, 0.6) is 0 Å². The van der Waals surface area contributed by atoms with Gasteiger partial charge in [-0.05, 0) is 46.0 Å². The van der Waals surface area contributed by atoms with Gasteiger partial charge < -0.3 is 15.9 Å². The zero-order valence-corrected chi connectivity index (χ0v) is 22.8. The molecule has 1 unspecified atom stereocenters. The first-order chi connectivity index (χ1) is 19.9. The number of nitrogens with two attached hydrogens (primary N) is 1. The minimum absolute atomic E-state index is 0.0352. The van der Waals surface area contributed by atoms with E-state index in [4.69, 9.17) is 5.73 Å². The van der Waals surface area contributed by atoms with E-state index in [1.54, 1.807) is 18.2 Å². The SMILES string of the molecule is Nc1c(Cc2cccc3ccccc23)c(-c2cccc(C(F)(F)F)c2)c2n(c1=O)C(C(=O)O)CN(CCCO)S2(=O)=O. The molecule has 1 aromatic heterocycles. The summed E-state index contributed by atoms with van der Waals surface area (Å²) in [6, 6.07) is 14.8. The molecule has 0 radical (unpaired) electrons. The molecule has 42 heavy (non-hydrogen) atoms. The van der Waals surface area contributed by atoms with Gasteiger partial charge in [-0.15, -0.1) is 0 Å². The van der Waals surface area contributed by atoms with Crippen molar-refractivity contribution in [3.63, 3.8) is 0 Å². The molecular weight excluding hydrogens is 575 g/mol. The molecule has 0 saturated carbocycles. The van der Waals surface area contributed by atoms with Crippen molar-refractivity contribution < 1.29 is 36.6 Å². The third-order valence-electron chi connectivity index (χ3n) is 7.36. The average molecular weight is 602 g/mol. The number of carbonyl (C=O) groups is 1. The Bertz CT molecular complexity index is 1870. The van der Waals surface area contributed by atoms with Gasteiger partial charge >= 0.3 is 12.1 Å². The minimum Gasteiger partial charge on any atom is -0.480 e. The number of pyridine rings is 1. The van der Waals surface area contributed by atoms with Crippen molar-refractivity contribution in [1.82, 2.24) is 8.87 Å². The Morgan fingerprint density at radius 2 is 1.74 bits per heavy atom. The molecule has 4 N–H and O–H groups in total. The quantitative estimate of drug-likeness (QED) is 0.292. The first-order valence-corrected chi connectivity index (χ1v) is 14.3. The van der Waals surface area contributed by atoms with Gasteiger partial charge in [0.2, 0.25) is 0 Å². The van der Waals surface area contributed by atoms with Crippen molar-refractivity contribution in [2.75, 3.05) is 25.4 Å². The number of aliphatic hydroxyl groups excluding tert-OH is 1. The van der Waals surface area contributed by atoms with Crippen LogP contribution in [0.3, 0.4) is 0 Å². The summed E-state index contributed by atoms with van der Waals surface area (Å²) in [6.45, 7) is -1.30. The standard InChI is InChI=1S/C29H26F3N3O6S/c30-29(31,32)20-10-4-9-19(14-20)24-22(15-18-8-3-7-17-6-1-2-11-21(17)18)25(33)26(37)35-23(28(38)39)16-34(12-5-13-36)42(40,41)27(24)35/h1-4,6-11,14,23,36H,5,12-13,15-16,33H2,(H,38,39). The Morgan fingerprint density at radius 3 is 2.43 bits per heavy atom. The van der Waals surface area contributed by atoms with Crippen LogP contribution >= 0.6 is 0 Å². The molecule has 0 bridgehead atoms. The summed E-state index contributed by atoms with van der Waals surface area (Å²) in [4.78, 5) is 26.0. The summed E-state index contributed by atoms with van der Waals surface area (Å²) in [5.74, 6) is -1.53. The number of nitrogens with zero attached hydrogens (tertiary/aromatic N) is 2. The Morgan fingerprint density at radius 1 is 1.05 bits per heavy atom. The van der Waals surface area contributed by atoms with Crippen LogP contribution in [-0.4, -0.2) is 53.2 Å². The number of fused-ring (bicyclic) bond motifs is 2. The van der Waals surface area contributed by atoms with E-state index in [0.717, 1.165) is 33.3 Å². The van der Waals surface area contributed by atoms with Crippen LogP contribution in [0.4, 0.5) is 18.9 Å². The van der Waals surface area contributed by atoms with E-state index in [1.165, 1.54) is 6.07 Å². The van der Waals surface area contributed by atoms with E-state index in [1.807, 2.05) is 24.3 Å². The van der Waals surface area contributed by atoms with E-state index < -0.39 is 63.2 Å². The molecule has 0 fully saturated rings. The number of hydrogen-bond acceptors (Lipinski definition) is 6. The zero-order valence-electron chi connectivity index (χ0n) is 22.0. The largest absolute Gasteiger partial charge is 0.480 e. The van der Waals surface area contributed by atoms with Crippen LogP contribution in [0.25, 0.3) is 21.9 Å². The summed E-state index contributed by atoms with van der Waals surface area (Å²) < 4.78 is 70.9.